The van der Waals surface area contributed by atoms with Gasteiger partial charge in [0.15, 0.2) is 0 Å². The highest BCUT2D eigenvalue weighted by atomic mass is 16.3. The van der Waals surface area contributed by atoms with Crippen LogP contribution in [-0.4, -0.2) is 5.11 Å². The zero-order valence-corrected chi connectivity index (χ0v) is 11.0. The maximum absolute atomic E-state index is 10.3. The third-order valence-electron chi connectivity index (χ3n) is 3.47. The summed E-state index contributed by atoms with van der Waals surface area (Å²) in [6.45, 7) is 8.62. The van der Waals surface area contributed by atoms with E-state index in [-0.39, 0.29) is 0 Å². The van der Waals surface area contributed by atoms with E-state index in [4.69, 9.17) is 0 Å². The molecule has 1 heteroatoms. The van der Waals surface area contributed by atoms with Crippen molar-refractivity contribution in [1.82, 2.24) is 0 Å². The van der Waals surface area contributed by atoms with Gasteiger partial charge in [0.1, 0.15) is 5.75 Å². The number of phenolic OH excluding ortho intramolecular Hbond substituents is 1. The monoisotopic (exact) mass is 220 g/mol. The third kappa shape index (κ3) is 2.58. The normalized spacial score (nSPS) is 11.1. The Morgan fingerprint density at radius 1 is 1.12 bits per heavy atom. The van der Waals surface area contributed by atoms with Crippen LogP contribution < -0.4 is 0 Å². The second kappa shape index (κ2) is 5.93. The zero-order valence-electron chi connectivity index (χ0n) is 11.0. The van der Waals surface area contributed by atoms with E-state index in [9.17, 15) is 5.11 Å². The molecule has 0 saturated carbocycles. The highest BCUT2D eigenvalue weighted by Gasteiger charge is 2.15. The smallest absolute Gasteiger partial charge is 0.122 e. The van der Waals surface area contributed by atoms with Crippen LogP contribution >= 0.6 is 0 Å². The molecular weight excluding hydrogens is 196 g/mol. The summed E-state index contributed by atoms with van der Waals surface area (Å²) in [5.74, 6) is 1.05. The highest BCUT2D eigenvalue weighted by Crippen LogP contribution is 2.35. The van der Waals surface area contributed by atoms with Gasteiger partial charge in [-0.3, -0.25) is 0 Å². The first-order valence-electron chi connectivity index (χ1n) is 6.46. The molecule has 1 aromatic carbocycles. The average Bonchev–Trinajstić information content (AvgIpc) is 2.28. The Kier molecular flexibility index (Phi) is 4.85. The van der Waals surface area contributed by atoms with Crippen molar-refractivity contribution >= 4 is 0 Å². The summed E-state index contributed by atoms with van der Waals surface area (Å²) in [7, 11) is 0. The fourth-order valence-electron chi connectivity index (χ4n) is 2.38. The Hall–Kier alpha value is -0.980. The average molecular weight is 220 g/mol. The summed E-state index contributed by atoms with van der Waals surface area (Å²) < 4.78 is 0. The molecule has 0 atom stereocenters. The Bertz CT molecular complexity index is 338. The van der Waals surface area contributed by atoms with E-state index >= 15 is 0 Å². The van der Waals surface area contributed by atoms with Gasteiger partial charge in [-0.05, 0) is 48.8 Å². The Balaban J connectivity index is 3.16. The first-order chi connectivity index (χ1) is 7.65. The number of phenols is 1. The maximum atomic E-state index is 10.3. The molecule has 0 saturated heterocycles. The van der Waals surface area contributed by atoms with Gasteiger partial charge in [-0.1, -0.05) is 39.3 Å². The minimum Gasteiger partial charge on any atom is -0.507 e. The van der Waals surface area contributed by atoms with Crippen LogP contribution in [0.15, 0.2) is 12.1 Å². The Morgan fingerprint density at radius 3 is 2.25 bits per heavy atom. The van der Waals surface area contributed by atoms with E-state index in [2.05, 4.69) is 39.8 Å². The van der Waals surface area contributed by atoms with Gasteiger partial charge < -0.3 is 5.11 Å². The predicted octanol–water partition coefficient (Wildman–Crippen LogP) is 4.56. The summed E-state index contributed by atoms with van der Waals surface area (Å²) in [4.78, 5) is 0. The molecule has 0 aliphatic carbocycles. The Morgan fingerprint density at radius 2 is 1.75 bits per heavy atom. The molecule has 1 aromatic rings. The Labute approximate surface area is 99.5 Å². The van der Waals surface area contributed by atoms with Crippen LogP contribution in [0.4, 0.5) is 0 Å². The lowest BCUT2D eigenvalue weighted by Crippen LogP contribution is -2.00. The second-order valence-corrected chi connectivity index (χ2v) is 4.56. The molecule has 0 unspecified atom stereocenters. The van der Waals surface area contributed by atoms with Crippen LogP contribution in [0.1, 0.15) is 62.6 Å². The number of aryl methyl sites for hydroxylation is 1. The van der Waals surface area contributed by atoms with Crippen LogP contribution in [0, 0.1) is 6.92 Å². The summed E-state index contributed by atoms with van der Waals surface area (Å²) in [6, 6.07) is 4.25. The molecule has 1 nitrogen and oxygen atoms in total. The standard InChI is InChI=1S/C15H24O/c1-5-8-13-11(4)9-10-14(15(13)16)12(6-2)7-3/h9-10,12,16H,5-8H2,1-4H3. The van der Waals surface area contributed by atoms with Gasteiger partial charge in [-0.15, -0.1) is 0 Å². The first-order valence-corrected chi connectivity index (χ1v) is 6.46. The number of hydrogen-bond acceptors (Lipinski definition) is 1. The molecule has 1 N–H and O–H groups in total. The van der Waals surface area contributed by atoms with Crippen molar-refractivity contribution in [2.24, 2.45) is 0 Å². The van der Waals surface area contributed by atoms with Crippen molar-refractivity contribution < 1.29 is 5.11 Å². The lowest BCUT2D eigenvalue weighted by molar-refractivity contribution is 0.449. The van der Waals surface area contributed by atoms with Gasteiger partial charge in [0.05, 0.1) is 0 Å². The van der Waals surface area contributed by atoms with Crippen molar-refractivity contribution in [3.63, 3.8) is 0 Å². The van der Waals surface area contributed by atoms with E-state index in [1.807, 2.05) is 0 Å². The molecule has 0 amide bonds. The molecule has 0 spiro atoms. The number of aromatic hydroxyl groups is 1. The lowest BCUT2D eigenvalue weighted by Gasteiger charge is -2.18. The van der Waals surface area contributed by atoms with Gasteiger partial charge in [0, 0.05) is 0 Å². The SMILES string of the molecule is CCCc1c(C)ccc(C(CC)CC)c1O. The molecule has 0 fully saturated rings. The van der Waals surface area contributed by atoms with Gasteiger partial charge in [-0.2, -0.15) is 0 Å². The fourth-order valence-corrected chi connectivity index (χ4v) is 2.38. The fraction of sp³-hybridized carbons (Fsp3) is 0.600. The van der Waals surface area contributed by atoms with Crippen LogP contribution in [0.3, 0.4) is 0 Å². The molecular formula is C15H24O. The molecule has 0 aliphatic rings. The molecule has 0 aliphatic heterocycles. The van der Waals surface area contributed by atoms with E-state index in [1.165, 1.54) is 5.56 Å². The summed E-state index contributed by atoms with van der Waals surface area (Å²) in [5.41, 5.74) is 3.50. The number of rotatable bonds is 5. The summed E-state index contributed by atoms with van der Waals surface area (Å²) in [5, 5.41) is 10.3. The van der Waals surface area contributed by atoms with Crippen molar-refractivity contribution in [3.8, 4) is 5.75 Å². The predicted molar refractivity (Wildman–Crippen MR) is 70.2 cm³/mol. The first kappa shape index (κ1) is 13.1. The molecule has 16 heavy (non-hydrogen) atoms. The second-order valence-electron chi connectivity index (χ2n) is 4.56. The molecule has 90 valence electrons. The largest absolute Gasteiger partial charge is 0.507 e. The molecule has 1 rings (SSSR count). The van der Waals surface area contributed by atoms with Gasteiger partial charge in [0.25, 0.3) is 0 Å². The third-order valence-corrected chi connectivity index (χ3v) is 3.47. The van der Waals surface area contributed by atoms with Crippen LogP contribution in [0.5, 0.6) is 5.75 Å². The van der Waals surface area contributed by atoms with Crippen molar-refractivity contribution in [1.29, 1.82) is 0 Å². The topological polar surface area (TPSA) is 20.2 Å². The van der Waals surface area contributed by atoms with E-state index in [1.54, 1.807) is 0 Å². The van der Waals surface area contributed by atoms with Crippen molar-refractivity contribution in [3.05, 3.63) is 28.8 Å². The van der Waals surface area contributed by atoms with Gasteiger partial charge in [0.2, 0.25) is 0 Å². The quantitative estimate of drug-likeness (QED) is 0.771. The van der Waals surface area contributed by atoms with Gasteiger partial charge in [-0.25, -0.2) is 0 Å². The molecule has 0 radical (unpaired) electrons. The van der Waals surface area contributed by atoms with E-state index in [0.29, 0.717) is 11.7 Å². The van der Waals surface area contributed by atoms with E-state index < -0.39 is 0 Å². The number of hydrogen-bond donors (Lipinski definition) is 1. The highest BCUT2D eigenvalue weighted by molar-refractivity contribution is 5.46. The summed E-state index contributed by atoms with van der Waals surface area (Å²) in [6.07, 6.45) is 4.25. The van der Waals surface area contributed by atoms with Crippen molar-refractivity contribution in [2.75, 3.05) is 0 Å². The number of benzene rings is 1. The van der Waals surface area contributed by atoms with Gasteiger partial charge >= 0.3 is 0 Å². The van der Waals surface area contributed by atoms with Crippen LogP contribution in [0.25, 0.3) is 0 Å². The lowest BCUT2D eigenvalue weighted by atomic mass is 9.89. The van der Waals surface area contributed by atoms with Crippen LogP contribution in [-0.2, 0) is 6.42 Å². The zero-order chi connectivity index (χ0) is 12.1. The van der Waals surface area contributed by atoms with E-state index in [0.717, 1.165) is 36.8 Å². The minimum absolute atomic E-state index is 0.496. The minimum atomic E-state index is 0.496. The van der Waals surface area contributed by atoms with Crippen LogP contribution in [0.2, 0.25) is 0 Å². The molecule has 0 heterocycles. The summed E-state index contributed by atoms with van der Waals surface area (Å²) >= 11 is 0. The maximum Gasteiger partial charge on any atom is 0.122 e. The van der Waals surface area contributed by atoms with Crippen molar-refractivity contribution in [2.45, 2.75) is 59.3 Å². The molecule has 0 aromatic heterocycles. The molecule has 0 bridgehead atoms.